The van der Waals surface area contributed by atoms with Gasteiger partial charge < -0.3 is 5.73 Å². The minimum absolute atomic E-state index is 0.0818. The van der Waals surface area contributed by atoms with Gasteiger partial charge in [0.2, 0.25) is 11.8 Å². The van der Waals surface area contributed by atoms with Crippen molar-refractivity contribution >= 4 is 23.4 Å². The maximum Gasteiger partial charge on any atom is 0.248 e. The van der Waals surface area contributed by atoms with Crippen LogP contribution in [0.25, 0.3) is 0 Å². The molecule has 0 unspecified atom stereocenters. The molecule has 0 saturated carbocycles. The number of rotatable bonds is 5. The predicted molar refractivity (Wildman–Crippen MR) is 58.4 cm³/mol. The molecule has 0 aromatic heterocycles. The molecular weight excluding hydrogens is 232 g/mol. The Balaban J connectivity index is 2.40. The van der Waals surface area contributed by atoms with Gasteiger partial charge >= 0.3 is 0 Å². The van der Waals surface area contributed by atoms with E-state index < -0.39 is 11.8 Å². The molecule has 0 aliphatic rings. The van der Waals surface area contributed by atoms with E-state index in [1.54, 1.807) is 24.3 Å². The molecule has 2 amide bonds. The number of carbonyl (C=O) groups is 2. The first-order chi connectivity index (χ1) is 7.59. The Bertz CT molecular complexity index is 395. The van der Waals surface area contributed by atoms with Gasteiger partial charge in [0.25, 0.3) is 0 Å². The third kappa shape index (κ3) is 4.29. The third-order valence-corrected chi connectivity index (χ3v) is 2.08. The highest BCUT2D eigenvalue weighted by atomic mass is 35.5. The molecule has 0 bridgehead atoms. The number of halogens is 1. The van der Waals surface area contributed by atoms with Crippen molar-refractivity contribution < 1.29 is 14.4 Å². The zero-order chi connectivity index (χ0) is 12.0. The van der Waals surface area contributed by atoms with Gasteiger partial charge in [0.1, 0.15) is 0 Å². The minimum Gasteiger partial charge on any atom is -0.368 e. The lowest BCUT2D eigenvalue weighted by Crippen LogP contribution is -2.30. The van der Waals surface area contributed by atoms with Crippen molar-refractivity contribution in [1.82, 2.24) is 5.48 Å². The van der Waals surface area contributed by atoms with Crippen LogP contribution in [0, 0.1) is 0 Å². The molecule has 0 fully saturated rings. The lowest BCUT2D eigenvalue weighted by atomic mass is 10.1. The van der Waals surface area contributed by atoms with E-state index >= 15 is 0 Å². The molecule has 6 heteroatoms. The number of carbonyl (C=O) groups excluding carboxylic acids is 2. The average molecular weight is 243 g/mol. The van der Waals surface area contributed by atoms with Crippen LogP contribution in [0.15, 0.2) is 24.3 Å². The van der Waals surface area contributed by atoms with Crippen molar-refractivity contribution in [1.29, 1.82) is 0 Å². The topological polar surface area (TPSA) is 81.4 Å². The van der Waals surface area contributed by atoms with E-state index in [-0.39, 0.29) is 13.0 Å². The zero-order valence-corrected chi connectivity index (χ0v) is 9.16. The van der Waals surface area contributed by atoms with Crippen LogP contribution in [-0.2, 0) is 20.8 Å². The van der Waals surface area contributed by atoms with Gasteiger partial charge in [-0.2, -0.15) is 0 Å². The van der Waals surface area contributed by atoms with Crippen LogP contribution >= 0.6 is 11.6 Å². The minimum atomic E-state index is -0.655. The molecule has 0 saturated heterocycles. The van der Waals surface area contributed by atoms with Crippen LogP contribution in [0.4, 0.5) is 0 Å². The molecule has 86 valence electrons. The highest BCUT2D eigenvalue weighted by Crippen LogP contribution is 2.14. The summed E-state index contributed by atoms with van der Waals surface area (Å²) in [4.78, 5) is 26.2. The summed E-state index contributed by atoms with van der Waals surface area (Å²) >= 11 is 5.86. The highest BCUT2D eigenvalue weighted by molar-refractivity contribution is 6.31. The van der Waals surface area contributed by atoms with Crippen LogP contribution in [-0.4, -0.2) is 18.4 Å². The van der Waals surface area contributed by atoms with Gasteiger partial charge in [-0.25, -0.2) is 5.48 Å². The zero-order valence-electron chi connectivity index (χ0n) is 8.40. The fourth-order valence-electron chi connectivity index (χ4n) is 1.04. The van der Waals surface area contributed by atoms with Crippen molar-refractivity contribution in [2.24, 2.45) is 5.73 Å². The van der Waals surface area contributed by atoms with Gasteiger partial charge in [-0.15, -0.1) is 0 Å². The number of benzene rings is 1. The summed E-state index contributed by atoms with van der Waals surface area (Å²) in [6, 6.07) is 6.97. The van der Waals surface area contributed by atoms with Gasteiger partial charge in [0, 0.05) is 5.02 Å². The van der Waals surface area contributed by atoms with Crippen molar-refractivity contribution in [2.75, 3.05) is 6.61 Å². The van der Waals surface area contributed by atoms with Crippen molar-refractivity contribution in [3.8, 4) is 0 Å². The number of hydrogen-bond acceptors (Lipinski definition) is 3. The Labute approximate surface area is 97.5 Å². The number of nitrogens with one attached hydrogen (secondary N) is 1. The molecule has 0 aliphatic carbocycles. The second kappa shape index (κ2) is 6.09. The first-order valence-electron chi connectivity index (χ1n) is 4.52. The lowest BCUT2D eigenvalue weighted by molar-refractivity contribution is -0.137. The van der Waals surface area contributed by atoms with Gasteiger partial charge in [0.15, 0.2) is 6.61 Å². The fourth-order valence-corrected chi connectivity index (χ4v) is 1.24. The molecule has 0 aliphatic heterocycles. The van der Waals surface area contributed by atoms with Gasteiger partial charge in [-0.1, -0.05) is 29.8 Å². The lowest BCUT2D eigenvalue weighted by Gasteiger charge is -2.05. The third-order valence-electron chi connectivity index (χ3n) is 1.71. The Morgan fingerprint density at radius 3 is 2.69 bits per heavy atom. The van der Waals surface area contributed by atoms with Crippen molar-refractivity contribution in [3.05, 3.63) is 34.9 Å². The van der Waals surface area contributed by atoms with Crippen LogP contribution < -0.4 is 11.2 Å². The van der Waals surface area contributed by atoms with Crippen LogP contribution in [0.2, 0.25) is 5.02 Å². The summed E-state index contributed by atoms with van der Waals surface area (Å²) in [5.41, 5.74) is 7.59. The smallest absolute Gasteiger partial charge is 0.248 e. The van der Waals surface area contributed by atoms with E-state index in [2.05, 4.69) is 10.3 Å². The number of primary amides is 1. The van der Waals surface area contributed by atoms with Gasteiger partial charge in [-0.05, 0) is 11.6 Å². The van der Waals surface area contributed by atoms with Crippen molar-refractivity contribution in [2.45, 2.75) is 6.42 Å². The molecular formula is C10H11ClN2O3. The normalized spacial score (nSPS) is 9.81. The van der Waals surface area contributed by atoms with Gasteiger partial charge in [0.05, 0.1) is 6.42 Å². The molecule has 5 nitrogen and oxygen atoms in total. The summed E-state index contributed by atoms with van der Waals surface area (Å²) < 4.78 is 0. The van der Waals surface area contributed by atoms with E-state index in [4.69, 9.17) is 17.3 Å². The van der Waals surface area contributed by atoms with E-state index in [1.165, 1.54) is 0 Å². The standard InChI is InChI=1S/C10H11ClN2O3/c11-8-4-2-1-3-7(8)5-10(15)13-16-6-9(12)14/h1-4H,5-6H2,(H2,12,14)(H,13,15). The maximum absolute atomic E-state index is 11.3. The van der Waals surface area contributed by atoms with Crippen LogP contribution in [0.5, 0.6) is 0 Å². The summed E-state index contributed by atoms with van der Waals surface area (Å²) in [5.74, 6) is -1.05. The Hall–Kier alpha value is -1.59. The molecule has 3 N–H and O–H groups in total. The number of nitrogens with two attached hydrogens (primary N) is 1. The quantitative estimate of drug-likeness (QED) is 0.734. The summed E-state index contributed by atoms with van der Waals surface area (Å²) in [5, 5.41) is 0.507. The molecule has 0 atom stereocenters. The number of amides is 2. The average Bonchev–Trinajstić information content (AvgIpc) is 2.21. The summed E-state index contributed by atoms with van der Waals surface area (Å²) in [6.07, 6.45) is 0.0818. The second-order valence-corrected chi connectivity index (χ2v) is 3.46. The number of hydrogen-bond donors (Lipinski definition) is 2. The van der Waals surface area contributed by atoms with Crippen LogP contribution in [0.3, 0.4) is 0 Å². The SMILES string of the molecule is NC(=O)CONC(=O)Cc1ccccc1Cl. The maximum atomic E-state index is 11.3. The molecule has 16 heavy (non-hydrogen) atoms. The monoisotopic (exact) mass is 242 g/mol. The van der Waals surface area contributed by atoms with Crippen molar-refractivity contribution in [3.63, 3.8) is 0 Å². The molecule has 0 spiro atoms. The molecule has 1 rings (SSSR count). The fraction of sp³-hybridized carbons (Fsp3) is 0.200. The molecule has 0 radical (unpaired) electrons. The highest BCUT2D eigenvalue weighted by Gasteiger charge is 2.06. The van der Waals surface area contributed by atoms with Crippen LogP contribution in [0.1, 0.15) is 5.56 Å². The van der Waals surface area contributed by atoms with E-state index in [0.717, 1.165) is 0 Å². The molecule has 1 aromatic rings. The van der Waals surface area contributed by atoms with E-state index in [9.17, 15) is 9.59 Å². The summed E-state index contributed by atoms with van der Waals surface area (Å²) in [7, 11) is 0. The number of hydroxylamine groups is 1. The molecule has 1 aromatic carbocycles. The Kier molecular flexibility index (Phi) is 4.75. The predicted octanol–water partition coefficient (Wildman–Crippen LogP) is 0.416. The molecule has 0 heterocycles. The van der Waals surface area contributed by atoms with Gasteiger partial charge in [-0.3, -0.25) is 14.4 Å². The summed E-state index contributed by atoms with van der Waals surface area (Å²) in [6.45, 7) is -0.353. The second-order valence-electron chi connectivity index (χ2n) is 3.05. The van der Waals surface area contributed by atoms with E-state index in [1.807, 2.05) is 0 Å². The Morgan fingerprint density at radius 2 is 2.06 bits per heavy atom. The first-order valence-corrected chi connectivity index (χ1v) is 4.89. The van der Waals surface area contributed by atoms with E-state index in [0.29, 0.717) is 10.6 Å². The Morgan fingerprint density at radius 1 is 1.38 bits per heavy atom. The largest absolute Gasteiger partial charge is 0.368 e. The first kappa shape index (κ1) is 12.5.